The van der Waals surface area contributed by atoms with Gasteiger partial charge in [-0.15, -0.1) is 0 Å². The van der Waals surface area contributed by atoms with Crippen LogP contribution in [0.15, 0.2) is 0 Å². The number of nitrogens with one attached hydrogen (secondary N) is 2. The number of ether oxygens (including phenoxy) is 2. The molecule has 0 aromatic carbocycles. The van der Waals surface area contributed by atoms with Crippen LogP contribution in [0.2, 0.25) is 0 Å². The second-order valence-corrected chi connectivity index (χ2v) is 4.16. The molecule has 2 unspecified atom stereocenters. The molecule has 108 valence electrons. The molecule has 0 aliphatic rings. The van der Waals surface area contributed by atoms with E-state index in [1.54, 1.807) is 7.11 Å². The van der Waals surface area contributed by atoms with Gasteiger partial charge in [-0.2, -0.15) is 0 Å². The molecule has 18 heavy (non-hydrogen) atoms. The summed E-state index contributed by atoms with van der Waals surface area (Å²) in [5.41, 5.74) is 0. The van der Waals surface area contributed by atoms with Crippen molar-refractivity contribution < 1.29 is 19.4 Å². The smallest absolute Gasteiger partial charge is 0.221 e. The monoisotopic (exact) mass is 262 g/mol. The van der Waals surface area contributed by atoms with Crippen molar-refractivity contribution in [3.05, 3.63) is 0 Å². The van der Waals surface area contributed by atoms with Gasteiger partial charge in [0.25, 0.3) is 0 Å². The number of aliphatic hydroxyl groups is 1. The van der Waals surface area contributed by atoms with Gasteiger partial charge in [0, 0.05) is 33.2 Å². The molecule has 0 fully saturated rings. The normalized spacial score (nSPS) is 14.2. The lowest BCUT2D eigenvalue weighted by Crippen LogP contribution is -2.34. The van der Waals surface area contributed by atoms with Gasteiger partial charge in [0.1, 0.15) is 0 Å². The summed E-state index contributed by atoms with van der Waals surface area (Å²) in [6.07, 6.45) is -0.180. The molecule has 0 saturated heterocycles. The van der Waals surface area contributed by atoms with E-state index in [0.717, 1.165) is 0 Å². The molecule has 0 saturated carbocycles. The number of carbonyl (C=O) groups is 1. The predicted octanol–water partition coefficient (Wildman–Crippen LogP) is -0.485. The van der Waals surface area contributed by atoms with E-state index >= 15 is 0 Å². The third-order valence-corrected chi connectivity index (χ3v) is 2.26. The Balaban J connectivity index is 3.42. The summed E-state index contributed by atoms with van der Waals surface area (Å²) in [4.78, 5) is 11.1. The van der Waals surface area contributed by atoms with E-state index in [1.807, 2.05) is 13.8 Å². The minimum Gasteiger partial charge on any atom is -0.389 e. The van der Waals surface area contributed by atoms with E-state index in [0.29, 0.717) is 32.7 Å². The van der Waals surface area contributed by atoms with Crippen LogP contribution in [-0.4, -0.2) is 63.2 Å². The van der Waals surface area contributed by atoms with Crippen LogP contribution in [-0.2, 0) is 14.3 Å². The van der Waals surface area contributed by atoms with Gasteiger partial charge < -0.3 is 25.2 Å². The summed E-state index contributed by atoms with van der Waals surface area (Å²) >= 11 is 0. The number of methoxy groups -OCH3 is 1. The maximum absolute atomic E-state index is 11.1. The van der Waals surface area contributed by atoms with Gasteiger partial charge in [-0.05, 0) is 13.8 Å². The molecule has 1 amide bonds. The van der Waals surface area contributed by atoms with E-state index in [-0.39, 0.29) is 18.6 Å². The van der Waals surface area contributed by atoms with Crippen molar-refractivity contribution >= 4 is 5.91 Å². The Morgan fingerprint density at radius 3 is 2.72 bits per heavy atom. The molecule has 0 heterocycles. The molecule has 0 aromatic heterocycles. The first kappa shape index (κ1) is 17.3. The van der Waals surface area contributed by atoms with Gasteiger partial charge in [0.15, 0.2) is 0 Å². The zero-order valence-electron chi connectivity index (χ0n) is 11.6. The van der Waals surface area contributed by atoms with Gasteiger partial charge in [0.2, 0.25) is 5.91 Å². The molecule has 0 aliphatic heterocycles. The summed E-state index contributed by atoms with van der Waals surface area (Å²) < 4.78 is 10.3. The maximum Gasteiger partial charge on any atom is 0.221 e. The fourth-order valence-electron chi connectivity index (χ4n) is 1.37. The standard InChI is InChI=1S/C12H26N2O4/c1-4-14-12(16)5-6-13-7-11(15)9-18-10(2)8-17-3/h10-11,13,15H,4-9H2,1-3H3,(H,14,16). The molecule has 3 N–H and O–H groups in total. The molecule has 0 radical (unpaired) electrons. The minimum absolute atomic E-state index is 0.0180. The third kappa shape index (κ3) is 10.5. The highest BCUT2D eigenvalue weighted by molar-refractivity contribution is 5.75. The second kappa shape index (κ2) is 11.4. The Kier molecular flexibility index (Phi) is 11.0. The number of hydrogen-bond donors (Lipinski definition) is 3. The zero-order valence-corrected chi connectivity index (χ0v) is 11.6. The Hall–Kier alpha value is -0.690. The molecule has 6 heteroatoms. The van der Waals surface area contributed by atoms with Gasteiger partial charge in [-0.25, -0.2) is 0 Å². The lowest BCUT2D eigenvalue weighted by molar-refractivity contribution is -0.120. The first-order valence-electron chi connectivity index (χ1n) is 6.36. The fourth-order valence-corrected chi connectivity index (χ4v) is 1.37. The van der Waals surface area contributed by atoms with Crippen LogP contribution in [0.1, 0.15) is 20.3 Å². The summed E-state index contributed by atoms with van der Waals surface area (Å²) in [5, 5.41) is 15.3. The fraction of sp³-hybridized carbons (Fsp3) is 0.917. The Bertz CT molecular complexity index is 214. The van der Waals surface area contributed by atoms with Crippen LogP contribution in [0, 0.1) is 0 Å². The van der Waals surface area contributed by atoms with Crippen LogP contribution in [0.4, 0.5) is 0 Å². The Morgan fingerprint density at radius 1 is 1.39 bits per heavy atom. The van der Waals surface area contributed by atoms with Crippen LogP contribution >= 0.6 is 0 Å². The van der Waals surface area contributed by atoms with Crippen molar-refractivity contribution in [2.75, 3.05) is 40.0 Å². The molecular formula is C12H26N2O4. The number of rotatable bonds is 11. The van der Waals surface area contributed by atoms with Crippen molar-refractivity contribution in [2.24, 2.45) is 0 Å². The van der Waals surface area contributed by atoms with E-state index in [1.165, 1.54) is 0 Å². The highest BCUT2D eigenvalue weighted by atomic mass is 16.5. The number of amides is 1. The lowest BCUT2D eigenvalue weighted by Gasteiger charge is -2.16. The van der Waals surface area contributed by atoms with Crippen LogP contribution < -0.4 is 10.6 Å². The van der Waals surface area contributed by atoms with Crippen LogP contribution in [0.5, 0.6) is 0 Å². The lowest BCUT2D eigenvalue weighted by atomic mass is 10.3. The number of carbonyl (C=O) groups excluding carboxylic acids is 1. The number of hydrogen-bond acceptors (Lipinski definition) is 5. The SMILES string of the molecule is CCNC(=O)CCNCC(O)COC(C)COC. The van der Waals surface area contributed by atoms with Gasteiger partial charge in [0.05, 0.1) is 25.4 Å². The van der Waals surface area contributed by atoms with E-state index < -0.39 is 6.10 Å². The first-order chi connectivity index (χ1) is 8.60. The molecule has 0 aromatic rings. The van der Waals surface area contributed by atoms with Crippen molar-refractivity contribution in [1.29, 1.82) is 0 Å². The van der Waals surface area contributed by atoms with Crippen molar-refractivity contribution in [3.63, 3.8) is 0 Å². The highest BCUT2D eigenvalue weighted by Crippen LogP contribution is 1.93. The Morgan fingerprint density at radius 2 is 2.11 bits per heavy atom. The van der Waals surface area contributed by atoms with Crippen LogP contribution in [0.25, 0.3) is 0 Å². The van der Waals surface area contributed by atoms with Gasteiger partial charge in [-0.1, -0.05) is 0 Å². The minimum atomic E-state index is -0.571. The van der Waals surface area contributed by atoms with Crippen LogP contribution in [0.3, 0.4) is 0 Å². The summed E-state index contributed by atoms with van der Waals surface area (Å²) in [7, 11) is 1.61. The zero-order chi connectivity index (χ0) is 13.8. The molecule has 0 spiro atoms. The van der Waals surface area contributed by atoms with E-state index in [4.69, 9.17) is 9.47 Å². The summed E-state index contributed by atoms with van der Waals surface area (Å²) in [5.74, 6) is 0.0180. The van der Waals surface area contributed by atoms with Crippen molar-refractivity contribution in [1.82, 2.24) is 10.6 Å². The first-order valence-corrected chi connectivity index (χ1v) is 6.36. The molecular weight excluding hydrogens is 236 g/mol. The summed E-state index contributed by atoms with van der Waals surface area (Å²) in [6, 6.07) is 0. The van der Waals surface area contributed by atoms with E-state index in [9.17, 15) is 9.90 Å². The molecule has 2 atom stereocenters. The second-order valence-electron chi connectivity index (χ2n) is 4.16. The topological polar surface area (TPSA) is 79.8 Å². The predicted molar refractivity (Wildman–Crippen MR) is 69.5 cm³/mol. The van der Waals surface area contributed by atoms with Crippen molar-refractivity contribution in [2.45, 2.75) is 32.5 Å². The molecule has 0 rings (SSSR count). The third-order valence-electron chi connectivity index (χ3n) is 2.26. The average Bonchev–Trinajstić information content (AvgIpc) is 2.33. The summed E-state index contributed by atoms with van der Waals surface area (Å²) in [6.45, 7) is 6.16. The highest BCUT2D eigenvalue weighted by Gasteiger charge is 2.08. The van der Waals surface area contributed by atoms with E-state index in [2.05, 4.69) is 10.6 Å². The average molecular weight is 262 g/mol. The quantitative estimate of drug-likeness (QED) is 0.438. The Labute approximate surface area is 109 Å². The van der Waals surface area contributed by atoms with Gasteiger partial charge in [-0.3, -0.25) is 4.79 Å². The molecule has 0 aliphatic carbocycles. The van der Waals surface area contributed by atoms with Crippen molar-refractivity contribution in [3.8, 4) is 0 Å². The largest absolute Gasteiger partial charge is 0.389 e. The number of aliphatic hydroxyl groups excluding tert-OH is 1. The van der Waals surface area contributed by atoms with Gasteiger partial charge >= 0.3 is 0 Å². The molecule has 6 nitrogen and oxygen atoms in total. The maximum atomic E-state index is 11.1. The molecule has 0 bridgehead atoms.